The molecule has 0 amide bonds. The maximum absolute atomic E-state index is 6.49. The second kappa shape index (κ2) is 5.62. The SMILES string of the molecule is CCc1nn(CC)c(CC2(CC)CCCN2)c1Cl. The monoisotopic (exact) mass is 269 g/mol. The summed E-state index contributed by atoms with van der Waals surface area (Å²) in [5.41, 5.74) is 2.49. The molecular weight excluding hydrogens is 246 g/mol. The van der Waals surface area contributed by atoms with Gasteiger partial charge in [-0.1, -0.05) is 25.4 Å². The van der Waals surface area contributed by atoms with E-state index in [1.807, 2.05) is 0 Å². The summed E-state index contributed by atoms with van der Waals surface area (Å²) in [4.78, 5) is 0. The standard InChI is InChI=1S/C14H24ClN3/c1-4-11-13(15)12(18(6-3)17-11)10-14(5-2)8-7-9-16-14/h16H,4-10H2,1-3H3. The summed E-state index contributed by atoms with van der Waals surface area (Å²) >= 11 is 6.49. The fraction of sp³-hybridized carbons (Fsp3) is 0.786. The van der Waals surface area contributed by atoms with Crippen molar-refractivity contribution in [3.63, 3.8) is 0 Å². The van der Waals surface area contributed by atoms with E-state index in [4.69, 9.17) is 11.6 Å². The number of halogens is 1. The average Bonchev–Trinajstić information content (AvgIpc) is 2.97. The van der Waals surface area contributed by atoms with Crippen molar-refractivity contribution >= 4 is 11.6 Å². The molecule has 1 saturated heterocycles. The normalized spacial score (nSPS) is 23.8. The molecule has 1 unspecified atom stereocenters. The lowest BCUT2D eigenvalue weighted by atomic mass is 9.88. The Labute approximate surface area is 115 Å². The van der Waals surface area contributed by atoms with Crippen LogP contribution < -0.4 is 5.32 Å². The molecule has 1 N–H and O–H groups in total. The molecule has 2 rings (SSSR count). The topological polar surface area (TPSA) is 29.9 Å². The fourth-order valence-electron chi connectivity index (χ4n) is 2.95. The quantitative estimate of drug-likeness (QED) is 0.890. The minimum atomic E-state index is 0.238. The molecule has 2 heterocycles. The first kappa shape index (κ1) is 13.9. The van der Waals surface area contributed by atoms with Gasteiger partial charge in [0.25, 0.3) is 0 Å². The summed E-state index contributed by atoms with van der Waals surface area (Å²) in [7, 11) is 0. The number of aromatic nitrogens is 2. The first-order valence-corrected chi connectivity index (χ1v) is 7.52. The molecule has 4 heteroatoms. The highest BCUT2D eigenvalue weighted by molar-refractivity contribution is 6.31. The van der Waals surface area contributed by atoms with Crippen molar-refractivity contribution < 1.29 is 0 Å². The molecule has 0 radical (unpaired) electrons. The van der Waals surface area contributed by atoms with Crippen molar-refractivity contribution in [3.05, 3.63) is 16.4 Å². The van der Waals surface area contributed by atoms with E-state index in [1.165, 1.54) is 18.5 Å². The zero-order valence-electron chi connectivity index (χ0n) is 11.7. The van der Waals surface area contributed by atoms with Crippen LogP contribution in [0.5, 0.6) is 0 Å². The maximum atomic E-state index is 6.49. The minimum absolute atomic E-state index is 0.238. The van der Waals surface area contributed by atoms with Crippen LogP contribution >= 0.6 is 11.6 Å². The highest BCUT2D eigenvalue weighted by Gasteiger charge is 2.34. The first-order chi connectivity index (χ1) is 8.65. The van der Waals surface area contributed by atoms with E-state index in [0.29, 0.717) is 0 Å². The van der Waals surface area contributed by atoms with Crippen LogP contribution in [-0.2, 0) is 19.4 Å². The molecular formula is C14H24ClN3. The molecule has 1 fully saturated rings. The van der Waals surface area contributed by atoms with E-state index in [9.17, 15) is 0 Å². The third kappa shape index (κ3) is 2.43. The van der Waals surface area contributed by atoms with E-state index >= 15 is 0 Å². The Morgan fingerprint density at radius 2 is 2.17 bits per heavy atom. The van der Waals surface area contributed by atoms with Crippen LogP contribution in [0.15, 0.2) is 0 Å². The zero-order valence-corrected chi connectivity index (χ0v) is 12.5. The van der Waals surface area contributed by atoms with Gasteiger partial charge in [-0.15, -0.1) is 0 Å². The van der Waals surface area contributed by atoms with Crippen LogP contribution in [0.4, 0.5) is 0 Å². The van der Waals surface area contributed by atoms with E-state index in [0.717, 1.165) is 43.1 Å². The van der Waals surface area contributed by atoms with Gasteiger partial charge in [-0.25, -0.2) is 0 Å². The molecule has 1 atom stereocenters. The average molecular weight is 270 g/mol. The van der Waals surface area contributed by atoms with Crippen LogP contribution in [-0.4, -0.2) is 21.9 Å². The molecule has 18 heavy (non-hydrogen) atoms. The number of hydrogen-bond acceptors (Lipinski definition) is 2. The molecule has 0 aliphatic carbocycles. The van der Waals surface area contributed by atoms with Crippen molar-refractivity contribution in [2.24, 2.45) is 0 Å². The summed E-state index contributed by atoms with van der Waals surface area (Å²) in [6, 6.07) is 0. The van der Waals surface area contributed by atoms with Crippen molar-refractivity contribution in [1.82, 2.24) is 15.1 Å². The first-order valence-electron chi connectivity index (χ1n) is 7.15. The highest BCUT2D eigenvalue weighted by Crippen LogP contribution is 2.31. The summed E-state index contributed by atoms with van der Waals surface area (Å²) in [6.45, 7) is 8.54. The Morgan fingerprint density at radius 3 is 2.67 bits per heavy atom. The van der Waals surface area contributed by atoms with Crippen LogP contribution in [0, 0.1) is 0 Å². The molecule has 3 nitrogen and oxygen atoms in total. The van der Waals surface area contributed by atoms with Gasteiger partial charge in [0.1, 0.15) is 0 Å². The van der Waals surface area contributed by atoms with Crippen molar-refractivity contribution in [3.8, 4) is 0 Å². The van der Waals surface area contributed by atoms with E-state index in [2.05, 4.69) is 35.9 Å². The van der Waals surface area contributed by atoms with E-state index in [-0.39, 0.29) is 5.54 Å². The van der Waals surface area contributed by atoms with Crippen LogP contribution in [0.25, 0.3) is 0 Å². The molecule has 1 aromatic rings. The number of nitrogens with zero attached hydrogens (tertiary/aromatic N) is 2. The van der Waals surface area contributed by atoms with Crippen LogP contribution in [0.1, 0.15) is 51.4 Å². The second-order valence-electron chi connectivity index (χ2n) is 5.22. The fourth-order valence-corrected chi connectivity index (χ4v) is 3.29. The molecule has 0 bridgehead atoms. The van der Waals surface area contributed by atoms with Gasteiger partial charge in [0.2, 0.25) is 0 Å². The van der Waals surface area contributed by atoms with Crippen molar-refractivity contribution in [1.29, 1.82) is 0 Å². The summed E-state index contributed by atoms with van der Waals surface area (Å²) in [5, 5.41) is 9.18. The molecule has 102 valence electrons. The van der Waals surface area contributed by atoms with E-state index < -0.39 is 0 Å². The number of nitrogens with one attached hydrogen (secondary N) is 1. The van der Waals surface area contributed by atoms with Gasteiger partial charge < -0.3 is 5.32 Å². The highest BCUT2D eigenvalue weighted by atomic mass is 35.5. The second-order valence-corrected chi connectivity index (χ2v) is 5.60. The number of hydrogen-bond donors (Lipinski definition) is 1. The van der Waals surface area contributed by atoms with Gasteiger partial charge in [-0.2, -0.15) is 5.10 Å². The maximum Gasteiger partial charge on any atom is 0.0850 e. The van der Waals surface area contributed by atoms with E-state index in [1.54, 1.807) is 0 Å². The Balaban J connectivity index is 2.29. The molecule has 0 aromatic carbocycles. The third-order valence-corrected chi connectivity index (χ3v) is 4.65. The molecule has 0 saturated carbocycles. The molecule has 1 aliphatic rings. The largest absolute Gasteiger partial charge is 0.311 e. The van der Waals surface area contributed by atoms with Gasteiger partial charge >= 0.3 is 0 Å². The van der Waals surface area contributed by atoms with Crippen molar-refractivity contribution in [2.75, 3.05) is 6.54 Å². The molecule has 0 spiro atoms. The Hall–Kier alpha value is -0.540. The summed E-state index contributed by atoms with van der Waals surface area (Å²) in [6.07, 6.45) is 5.58. The number of rotatable bonds is 5. The van der Waals surface area contributed by atoms with Gasteiger partial charge in [0.15, 0.2) is 0 Å². The Kier molecular flexibility index (Phi) is 4.33. The lowest BCUT2D eigenvalue weighted by Crippen LogP contribution is -2.41. The van der Waals surface area contributed by atoms with Crippen LogP contribution in [0.2, 0.25) is 5.02 Å². The smallest absolute Gasteiger partial charge is 0.0850 e. The molecule has 1 aliphatic heterocycles. The van der Waals surface area contributed by atoms with Gasteiger partial charge in [0.05, 0.1) is 16.4 Å². The summed E-state index contributed by atoms with van der Waals surface area (Å²) < 4.78 is 2.08. The zero-order chi connectivity index (χ0) is 13.2. The molecule has 1 aromatic heterocycles. The summed E-state index contributed by atoms with van der Waals surface area (Å²) in [5.74, 6) is 0. The Morgan fingerprint density at radius 1 is 1.39 bits per heavy atom. The minimum Gasteiger partial charge on any atom is -0.311 e. The lowest BCUT2D eigenvalue weighted by Gasteiger charge is -2.28. The van der Waals surface area contributed by atoms with Crippen molar-refractivity contribution in [2.45, 2.75) is 65.0 Å². The van der Waals surface area contributed by atoms with Gasteiger partial charge in [-0.3, -0.25) is 4.68 Å². The van der Waals surface area contributed by atoms with Crippen LogP contribution in [0.3, 0.4) is 0 Å². The predicted octanol–water partition coefficient (Wildman–Crippen LogP) is 3.19. The predicted molar refractivity (Wildman–Crippen MR) is 76.3 cm³/mol. The lowest BCUT2D eigenvalue weighted by molar-refractivity contribution is 0.349. The number of aryl methyl sites for hydroxylation is 2. The van der Waals surface area contributed by atoms with Gasteiger partial charge in [0, 0.05) is 18.5 Å². The van der Waals surface area contributed by atoms with Gasteiger partial charge in [-0.05, 0) is 39.2 Å². The third-order valence-electron chi connectivity index (χ3n) is 4.21. The Bertz CT molecular complexity index is 405.